The van der Waals surface area contributed by atoms with Crippen molar-refractivity contribution < 1.29 is 4.74 Å². The molecule has 0 aliphatic heterocycles. The monoisotopic (exact) mass is 338 g/mol. The second-order valence-electron chi connectivity index (χ2n) is 5.71. The van der Waals surface area contributed by atoms with Crippen molar-refractivity contribution in [1.82, 2.24) is 10.3 Å². The fraction of sp³-hybridized carbons (Fsp3) is 0.250. The van der Waals surface area contributed by atoms with Gasteiger partial charge < -0.3 is 10.1 Å². The van der Waals surface area contributed by atoms with Crippen molar-refractivity contribution >= 4 is 11.3 Å². The van der Waals surface area contributed by atoms with E-state index in [-0.39, 0.29) is 0 Å². The van der Waals surface area contributed by atoms with Gasteiger partial charge in [0.25, 0.3) is 0 Å². The topological polar surface area (TPSA) is 34.2 Å². The van der Waals surface area contributed by atoms with E-state index >= 15 is 0 Å². The highest BCUT2D eigenvalue weighted by Crippen LogP contribution is 2.14. The molecule has 0 aliphatic carbocycles. The van der Waals surface area contributed by atoms with Crippen molar-refractivity contribution in [1.29, 1.82) is 0 Å². The molecule has 24 heavy (non-hydrogen) atoms. The Morgan fingerprint density at radius 1 is 1.00 bits per heavy atom. The molecule has 4 heteroatoms. The summed E-state index contributed by atoms with van der Waals surface area (Å²) in [5, 5.41) is 4.66. The normalized spacial score (nSPS) is 10.7. The summed E-state index contributed by atoms with van der Waals surface area (Å²) in [6.45, 7) is 4.50. The van der Waals surface area contributed by atoms with Gasteiger partial charge in [-0.25, -0.2) is 4.98 Å². The molecule has 1 heterocycles. The van der Waals surface area contributed by atoms with Gasteiger partial charge in [0.05, 0.1) is 5.01 Å². The zero-order valence-electron chi connectivity index (χ0n) is 13.9. The lowest BCUT2D eigenvalue weighted by molar-refractivity contribution is 0.306. The molecule has 0 bridgehead atoms. The maximum absolute atomic E-state index is 5.81. The predicted octanol–water partition coefficient (Wildman–Crippen LogP) is 4.36. The summed E-state index contributed by atoms with van der Waals surface area (Å²) in [7, 11) is 0. The maximum Gasteiger partial charge on any atom is 0.119 e. The number of nitrogens with one attached hydrogen (secondary N) is 1. The molecule has 3 rings (SSSR count). The fourth-order valence-electron chi connectivity index (χ4n) is 2.39. The van der Waals surface area contributed by atoms with Gasteiger partial charge in [-0.2, -0.15) is 0 Å². The zero-order valence-corrected chi connectivity index (χ0v) is 14.7. The Labute approximate surface area is 147 Å². The van der Waals surface area contributed by atoms with Gasteiger partial charge in [-0.15, -0.1) is 11.3 Å². The van der Waals surface area contributed by atoms with E-state index in [2.05, 4.69) is 41.5 Å². The third-order valence-electron chi connectivity index (χ3n) is 3.69. The van der Waals surface area contributed by atoms with Gasteiger partial charge in [-0.05, 0) is 30.2 Å². The van der Waals surface area contributed by atoms with Crippen LogP contribution in [0.5, 0.6) is 5.75 Å². The first kappa shape index (κ1) is 16.7. The van der Waals surface area contributed by atoms with Crippen LogP contribution < -0.4 is 10.1 Å². The molecule has 3 nitrogen and oxygen atoms in total. The second-order valence-corrected chi connectivity index (χ2v) is 7.03. The molecule has 0 spiro atoms. The van der Waals surface area contributed by atoms with E-state index in [9.17, 15) is 0 Å². The third kappa shape index (κ3) is 5.18. The Morgan fingerprint density at radius 3 is 2.50 bits per heavy atom. The molecule has 0 unspecified atom stereocenters. The molecule has 3 aromatic rings. The molecule has 2 aromatic carbocycles. The number of aromatic nitrogens is 1. The fourth-order valence-corrected chi connectivity index (χ4v) is 3.18. The summed E-state index contributed by atoms with van der Waals surface area (Å²) in [6.07, 6.45) is 2.92. The lowest BCUT2D eigenvalue weighted by atomic mass is 10.2. The van der Waals surface area contributed by atoms with E-state index in [0.717, 1.165) is 25.3 Å². The van der Waals surface area contributed by atoms with Crippen molar-refractivity contribution in [2.75, 3.05) is 6.54 Å². The van der Waals surface area contributed by atoms with E-state index in [1.165, 1.54) is 21.0 Å². The van der Waals surface area contributed by atoms with Gasteiger partial charge in [0.2, 0.25) is 0 Å². The number of rotatable bonds is 8. The molecule has 0 saturated heterocycles. The Hall–Kier alpha value is -2.17. The Balaban J connectivity index is 1.39. The second kappa shape index (κ2) is 8.62. The van der Waals surface area contributed by atoms with Crippen LogP contribution in [-0.2, 0) is 19.6 Å². The van der Waals surface area contributed by atoms with Crippen LogP contribution in [0.1, 0.15) is 21.0 Å². The van der Waals surface area contributed by atoms with Crippen LogP contribution in [0.2, 0.25) is 0 Å². The van der Waals surface area contributed by atoms with Crippen molar-refractivity contribution in [3.8, 4) is 5.75 Å². The molecule has 0 saturated carbocycles. The standard InChI is InChI=1S/C20H22N2OS/c1-16-13-22-20(24-16)11-12-21-14-17-7-9-19(10-8-17)23-15-18-5-3-2-4-6-18/h2-10,13,21H,11-12,14-15H2,1H3. The van der Waals surface area contributed by atoms with Gasteiger partial charge in [0.15, 0.2) is 0 Å². The molecule has 0 atom stereocenters. The van der Waals surface area contributed by atoms with Gasteiger partial charge in [0.1, 0.15) is 12.4 Å². The summed E-state index contributed by atoms with van der Waals surface area (Å²) in [5.74, 6) is 0.904. The van der Waals surface area contributed by atoms with E-state index in [4.69, 9.17) is 4.74 Å². The van der Waals surface area contributed by atoms with Crippen LogP contribution in [0.25, 0.3) is 0 Å². The SMILES string of the molecule is Cc1cnc(CCNCc2ccc(OCc3ccccc3)cc2)s1. The highest BCUT2D eigenvalue weighted by Gasteiger charge is 2.00. The van der Waals surface area contributed by atoms with Gasteiger partial charge >= 0.3 is 0 Å². The molecule has 124 valence electrons. The average Bonchev–Trinajstić information content (AvgIpc) is 3.04. The van der Waals surface area contributed by atoms with Crippen LogP contribution in [0.15, 0.2) is 60.8 Å². The smallest absolute Gasteiger partial charge is 0.119 e. The van der Waals surface area contributed by atoms with Crippen molar-refractivity contribution in [3.05, 3.63) is 81.8 Å². The van der Waals surface area contributed by atoms with E-state index < -0.39 is 0 Å². The number of hydrogen-bond acceptors (Lipinski definition) is 4. The molecule has 1 N–H and O–H groups in total. The minimum Gasteiger partial charge on any atom is -0.489 e. The van der Waals surface area contributed by atoms with E-state index in [0.29, 0.717) is 6.61 Å². The quantitative estimate of drug-likeness (QED) is 0.620. The number of hydrogen-bond donors (Lipinski definition) is 1. The van der Waals surface area contributed by atoms with Gasteiger partial charge in [-0.3, -0.25) is 0 Å². The van der Waals surface area contributed by atoms with Crippen molar-refractivity contribution in [3.63, 3.8) is 0 Å². The van der Waals surface area contributed by atoms with Crippen molar-refractivity contribution in [2.45, 2.75) is 26.5 Å². The Bertz CT molecular complexity index is 738. The summed E-state index contributed by atoms with van der Waals surface area (Å²) >= 11 is 1.77. The third-order valence-corrected chi connectivity index (χ3v) is 4.66. The van der Waals surface area contributed by atoms with Crippen LogP contribution >= 0.6 is 11.3 Å². The first-order valence-corrected chi connectivity index (χ1v) is 8.99. The maximum atomic E-state index is 5.81. The minimum absolute atomic E-state index is 0.603. The van der Waals surface area contributed by atoms with E-state index in [1.807, 2.05) is 36.5 Å². The molecule has 1 aromatic heterocycles. The number of benzene rings is 2. The Kier molecular flexibility index (Phi) is 5.99. The number of ether oxygens (including phenoxy) is 1. The number of aryl methyl sites for hydroxylation is 1. The summed E-state index contributed by atoms with van der Waals surface area (Å²) in [4.78, 5) is 5.65. The summed E-state index contributed by atoms with van der Waals surface area (Å²) in [6, 6.07) is 18.5. The van der Waals surface area contributed by atoms with E-state index in [1.54, 1.807) is 11.3 Å². The van der Waals surface area contributed by atoms with Crippen LogP contribution in [0, 0.1) is 6.92 Å². The molecule has 0 amide bonds. The molecule has 0 fully saturated rings. The first-order valence-electron chi connectivity index (χ1n) is 8.17. The highest BCUT2D eigenvalue weighted by atomic mass is 32.1. The average molecular weight is 338 g/mol. The number of nitrogens with zero attached hydrogens (tertiary/aromatic N) is 1. The molecular weight excluding hydrogens is 316 g/mol. The highest BCUT2D eigenvalue weighted by molar-refractivity contribution is 7.11. The minimum atomic E-state index is 0.603. The predicted molar refractivity (Wildman–Crippen MR) is 99.5 cm³/mol. The molecular formula is C20H22N2OS. The van der Waals surface area contributed by atoms with Crippen molar-refractivity contribution in [2.24, 2.45) is 0 Å². The molecule has 0 radical (unpaired) electrons. The molecule has 0 aliphatic rings. The lowest BCUT2D eigenvalue weighted by Crippen LogP contribution is -2.16. The first-order chi connectivity index (χ1) is 11.8. The Morgan fingerprint density at radius 2 is 1.79 bits per heavy atom. The van der Waals surface area contributed by atoms with Gasteiger partial charge in [-0.1, -0.05) is 42.5 Å². The lowest BCUT2D eigenvalue weighted by Gasteiger charge is -2.08. The van der Waals surface area contributed by atoms with Crippen LogP contribution in [-0.4, -0.2) is 11.5 Å². The summed E-state index contributed by atoms with van der Waals surface area (Å²) in [5.41, 5.74) is 2.44. The van der Waals surface area contributed by atoms with Crippen LogP contribution in [0.3, 0.4) is 0 Å². The summed E-state index contributed by atoms with van der Waals surface area (Å²) < 4.78 is 5.81. The van der Waals surface area contributed by atoms with Crippen LogP contribution in [0.4, 0.5) is 0 Å². The van der Waals surface area contributed by atoms with Gasteiger partial charge in [0, 0.05) is 30.6 Å². The largest absolute Gasteiger partial charge is 0.489 e. The zero-order chi connectivity index (χ0) is 16.6. The number of thiazole rings is 1.